The van der Waals surface area contributed by atoms with Crippen LogP contribution in [0.2, 0.25) is 0 Å². The number of pyridine rings is 1. The first-order valence-corrected chi connectivity index (χ1v) is 9.34. The Morgan fingerprint density at radius 2 is 1.88 bits per heavy atom. The van der Waals surface area contributed by atoms with Crippen LogP contribution in [0.4, 0.5) is 0 Å². The van der Waals surface area contributed by atoms with Crippen LogP contribution in [0.15, 0.2) is 77.4 Å². The number of benzene rings is 1. The number of rotatable bonds is 6. The highest BCUT2D eigenvalue weighted by atomic mass is 32.1. The van der Waals surface area contributed by atoms with Gasteiger partial charge in [0.1, 0.15) is 0 Å². The standard InChI is InChI=1S/C20H18N2OS2/c1-2-21-20(24)18(19(23)17-11-7-13-25-17)22-12-6-10-16(14-22)15-8-4-3-5-9-15/h3-14,18H,2H2,1H3. The minimum Gasteiger partial charge on any atom is -0.758 e. The Morgan fingerprint density at radius 1 is 1.12 bits per heavy atom. The summed E-state index contributed by atoms with van der Waals surface area (Å²) in [7, 11) is 0. The molecule has 0 amide bonds. The molecule has 3 rings (SSSR count). The molecule has 25 heavy (non-hydrogen) atoms. The van der Waals surface area contributed by atoms with Crippen molar-refractivity contribution in [2.75, 3.05) is 6.54 Å². The summed E-state index contributed by atoms with van der Waals surface area (Å²) in [5.41, 5.74) is 2.13. The summed E-state index contributed by atoms with van der Waals surface area (Å²) in [6.07, 6.45) is 3.84. The highest BCUT2D eigenvalue weighted by Gasteiger charge is 2.29. The van der Waals surface area contributed by atoms with E-state index < -0.39 is 6.04 Å². The van der Waals surface area contributed by atoms with E-state index in [2.05, 4.69) is 4.99 Å². The van der Waals surface area contributed by atoms with Crippen molar-refractivity contribution in [1.29, 1.82) is 0 Å². The van der Waals surface area contributed by atoms with Crippen molar-refractivity contribution in [1.82, 2.24) is 0 Å². The van der Waals surface area contributed by atoms with Crippen LogP contribution in [0.3, 0.4) is 0 Å². The zero-order valence-electron chi connectivity index (χ0n) is 13.8. The van der Waals surface area contributed by atoms with E-state index >= 15 is 0 Å². The van der Waals surface area contributed by atoms with Crippen molar-refractivity contribution in [3.8, 4) is 11.1 Å². The van der Waals surface area contributed by atoms with Gasteiger partial charge in [0.05, 0.1) is 4.88 Å². The number of hydrogen-bond acceptors (Lipinski definition) is 4. The molecule has 0 radical (unpaired) electrons. The second-order valence-corrected chi connectivity index (χ2v) is 6.83. The number of Topliss-reactive ketones (excluding diaryl/α,β-unsaturated/α-hetero) is 1. The number of hydrogen-bond donors (Lipinski definition) is 0. The monoisotopic (exact) mass is 366 g/mol. The molecule has 0 aliphatic carbocycles. The molecule has 0 N–H and O–H groups in total. The second-order valence-electron chi connectivity index (χ2n) is 5.46. The number of ketones is 1. The molecule has 0 bridgehead atoms. The van der Waals surface area contributed by atoms with Gasteiger partial charge in [-0.2, -0.15) is 4.57 Å². The van der Waals surface area contributed by atoms with E-state index in [9.17, 15) is 4.79 Å². The third kappa shape index (κ3) is 4.00. The van der Waals surface area contributed by atoms with Gasteiger partial charge in [0.15, 0.2) is 12.4 Å². The third-order valence-electron chi connectivity index (χ3n) is 3.79. The Hall–Kier alpha value is -2.37. The zero-order chi connectivity index (χ0) is 17.6. The first kappa shape index (κ1) is 17.5. The number of aliphatic imine (C=N–C) groups is 1. The van der Waals surface area contributed by atoms with E-state index in [0.717, 1.165) is 11.1 Å². The molecule has 0 aliphatic heterocycles. The molecule has 0 aliphatic rings. The van der Waals surface area contributed by atoms with Gasteiger partial charge >= 0.3 is 0 Å². The normalized spacial score (nSPS) is 12.8. The molecule has 2 aromatic heterocycles. The zero-order valence-corrected chi connectivity index (χ0v) is 15.5. The van der Waals surface area contributed by atoms with Crippen LogP contribution in [0.1, 0.15) is 22.6 Å². The lowest BCUT2D eigenvalue weighted by Gasteiger charge is -2.18. The van der Waals surface area contributed by atoms with Crippen LogP contribution in [0.5, 0.6) is 0 Å². The molecule has 1 atom stereocenters. The summed E-state index contributed by atoms with van der Waals surface area (Å²) >= 11 is 6.89. The summed E-state index contributed by atoms with van der Waals surface area (Å²) in [4.78, 5) is 18.0. The van der Waals surface area contributed by atoms with Gasteiger partial charge in [-0.1, -0.05) is 36.4 Å². The maximum absolute atomic E-state index is 13.0. The van der Waals surface area contributed by atoms with Gasteiger partial charge in [-0.15, -0.1) is 11.3 Å². The first-order valence-electron chi connectivity index (χ1n) is 8.06. The van der Waals surface area contributed by atoms with Crippen molar-refractivity contribution in [3.05, 3.63) is 77.2 Å². The van der Waals surface area contributed by atoms with Gasteiger partial charge in [0.2, 0.25) is 11.8 Å². The summed E-state index contributed by atoms with van der Waals surface area (Å²) in [6, 6.07) is 17.1. The topological polar surface area (TPSA) is 33.3 Å². The van der Waals surface area contributed by atoms with Gasteiger partial charge in [-0.3, -0.25) is 4.79 Å². The van der Waals surface area contributed by atoms with Crippen molar-refractivity contribution < 1.29 is 9.36 Å². The molecular formula is C20H18N2OS2. The predicted octanol–water partition coefficient (Wildman–Crippen LogP) is 4.09. The lowest BCUT2D eigenvalue weighted by Crippen LogP contribution is -2.47. The summed E-state index contributed by atoms with van der Waals surface area (Å²) in [6.45, 7) is 2.48. The highest BCUT2D eigenvalue weighted by molar-refractivity contribution is 7.77. The SMILES string of the molecule is CCN=C([S-])C(C(=O)c1cccs1)[n+]1cccc(-c2ccccc2)c1. The van der Waals surface area contributed by atoms with Crippen LogP contribution < -0.4 is 4.57 Å². The fourth-order valence-corrected chi connectivity index (χ4v) is 3.67. The Kier molecular flexibility index (Phi) is 5.68. The van der Waals surface area contributed by atoms with Gasteiger partial charge in [0, 0.05) is 18.2 Å². The van der Waals surface area contributed by atoms with E-state index in [1.807, 2.05) is 83.9 Å². The molecule has 5 heteroatoms. The molecule has 0 saturated carbocycles. The second kappa shape index (κ2) is 8.14. The molecule has 0 fully saturated rings. The molecule has 1 unspecified atom stereocenters. The minimum absolute atomic E-state index is 0.0209. The van der Waals surface area contributed by atoms with E-state index in [4.69, 9.17) is 12.6 Å². The maximum Gasteiger partial charge on any atom is 0.244 e. The molecule has 1 aromatic carbocycles. The smallest absolute Gasteiger partial charge is 0.244 e. The Morgan fingerprint density at radius 3 is 2.56 bits per heavy atom. The number of carbonyl (C=O) groups excluding carboxylic acids is 1. The predicted molar refractivity (Wildman–Crippen MR) is 105 cm³/mol. The maximum atomic E-state index is 13.0. The van der Waals surface area contributed by atoms with Crippen molar-refractivity contribution in [2.24, 2.45) is 4.99 Å². The summed E-state index contributed by atoms with van der Waals surface area (Å²) in [5, 5.41) is 2.31. The number of carbonyl (C=O) groups is 1. The van der Waals surface area contributed by atoms with Gasteiger partial charge in [-0.25, -0.2) is 0 Å². The van der Waals surface area contributed by atoms with Crippen LogP contribution in [0, 0.1) is 0 Å². The van der Waals surface area contributed by atoms with E-state index in [0.29, 0.717) is 16.5 Å². The largest absolute Gasteiger partial charge is 0.758 e. The average molecular weight is 367 g/mol. The van der Waals surface area contributed by atoms with Crippen LogP contribution in [-0.2, 0) is 12.6 Å². The van der Waals surface area contributed by atoms with Crippen molar-refractivity contribution in [2.45, 2.75) is 13.0 Å². The Bertz CT molecular complexity index is 874. The number of thiophene rings is 1. The van der Waals surface area contributed by atoms with Gasteiger partial charge in [0.25, 0.3) is 0 Å². The van der Waals surface area contributed by atoms with Crippen LogP contribution in [-0.4, -0.2) is 17.4 Å². The van der Waals surface area contributed by atoms with Crippen molar-refractivity contribution >= 4 is 34.8 Å². The lowest BCUT2D eigenvalue weighted by atomic mass is 10.1. The number of nitrogens with zero attached hydrogens (tertiary/aromatic N) is 2. The Labute approximate surface area is 157 Å². The van der Waals surface area contributed by atoms with Crippen LogP contribution >= 0.6 is 11.3 Å². The molecule has 3 aromatic rings. The molecule has 3 nitrogen and oxygen atoms in total. The molecule has 126 valence electrons. The summed E-state index contributed by atoms with van der Waals surface area (Å²) in [5.74, 6) is -0.0209. The first-order chi connectivity index (χ1) is 12.2. The van der Waals surface area contributed by atoms with Crippen LogP contribution in [0.25, 0.3) is 11.1 Å². The van der Waals surface area contributed by atoms with Gasteiger partial charge < -0.3 is 17.6 Å². The third-order valence-corrected chi connectivity index (χ3v) is 5.02. The summed E-state index contributed by atoms with van der Waals surface area (Å²) < 4.78 is 1.87. The minimum atomic E-state index is -0.600. The fraction of sp³-hybridized carbons (Fsp3) is 0.150. The molecule has 0 spiro atoms. The van der Waals surface area contributed by atoms with E-state index in [-0.39, 0.29) is 5.78 Å². The fourth-order valence-electron chi connectivity index (χ4n) is 2.63. The Balaban J connectivity index is 2.05. The van der Waals surface area contributed by atoms with Crippen molar-refractivity contribution in [3.63, 3.8) is 0 Å². The molecular weight excluding hydrogens is 348 g/mol. The van der Waals surface area contributed by atoms with Gasteiger partial charge in [-0.05, 0) is 35.0 Å². The van der Waals surface area contributed by atoms with E-state index in [1.165, 1.54) is 11.3 Å². The highest BCUT2D eigenvalue weighted by Crippen LogP contribution is 2.20. The number of aromatic nitrogens is 1. The molecule has 0 saturated heterocycles. The molecule has 2 heterocycles. The quantitative estimate of drug-likeness (QED) is 0.216. The average Bonchev–Trinajstić information content (AvgIpc) is 3.18. The lowest BCUT2D eigenvalue weighted by molar-refractivity contribution is -0.691. The van der Waals surface area contributed by atoms with E-state index in [1.54, 1.807) is 0 Å².